The number of nitrogens with one attached hydrogen (secondary N) is 1. The van der Waals surface area contributed by atoms with Gasteiger partial charge in [0.1, 0.15) is 0 Å². The van der Waals surface area contributed by atoms with E-state index in [-0.39, 0.29) is 28.5 Å². The average molecular weight is 250 g/mol. The molecule has 0 aromatic heterocycles. The minimum absolute atomic E-state index is 0.143. The largest absolute Gasteiger partial charge is 0.504 e. The molecule has 0 spiro atoms. The highest BCUT2D eigenvalue weighted by Gasteiger charge is 2.34. The van der Waals surface area contributed by atoms with Crippen molar-refractivity contribution < 1.29 is 15.0 Å². The molecule has 1 aromatic rings. The number of hydrogen-bond donors (Lipinski definition) is 3. The van der Waals surface area contributed by atoms with Gasteiger partial charge in [-0.3, -0.25) is 4.79 Å². The van der Waals surface area contributed by atoms with Gasteiger partial charge in [-0.2, -0.15) is 0 Å². The Morgan fingerprint density at radius 2 is 2.11 bits per heavy atom. The summed E-state index contributed by atoms with van der Waals surface area (Å²) in [5.41, 5.74) is -0.169. The van der Waals surface area contributed by atoms with Gasteiger partial charge in [-0.1, -0.05) is 6.07 Å². The summed E-state index contributed by atoms with van der Waals surface area (Å²) >= 11 is 0. The van der Waals surface area contributed by atoms with Crippen LogP contribution in [-0.2, 0) is 0 Å². The molecule has 1 heterocycles. The van der Waals surface area contributed by atoms with Crippen molar-refractivity contribution in [3.8, 4) is 11.5 Å². The predicted octanol–water partition coefficient (Wildman–Crippen LogP) is 0.922. The molecule has 5 nitrogen and oxygen atoms in total. The first-order chi connectivity index (χ1) is 8.43. The quantitative estimate of drug-likeness (QED) is 0.648. The van der Waals surface area contributed by atoms with Crippen molar-refractivity contribution in [3.05, 3.63) is 23.8 Å². The summed E-state index contributed by atoms with van der Waals surface area (Å²) in [6.07, 6.45) is 0. The highest BCUT2D eigenvalue weighted by atomic mass is 16.3. The number of aromatic hydroxyl groups is 2. The summed E-state index contributed by atoms with van der Waals surface area (Å²) in [6.45, 7) is 5.96. The normalized spacial score (nSPS) is 18.7. The molecular weight excluding hydrogens is 232 g/mol. The van der Waals surface area contributed by atoms with Crippen molar-refractivity contribution in [2.45, 2.75) is 19.4 Å². The number of hydrogen-bond acceptors (Lipinski definition) is 4. The van der Waals surface area contributed by atoms with Crippen molar-refractivity contribution in [2.24, 2.45) is 0 Å². The Hall–Kier alpha value is -1.75. The average Bonchev–Trinajstić information content (AvgIpc) is 2.31. The van der Waals surface area contributed by atoms with E-state index in [1.54, 1.807) is 11.0 Å². The number of amides is 1. The van der Waals surface area contributed by atoms with Gasteiger partial charge in [0.05, 0.1) is 11.1 Å². The molecule has 18 heavy (non-hydrogen) atoms. The van der Waals surface area contributed by atoms with Gasteiger partial charge >= 0.3 is 0 Å². The molecule has 3 N–H and O–H groups in total. The van der Waals surface area contributed by atoms with E-state index in [2.05, 4.69) is 5.32 Å². The topological polar surface area (TPSA) is 72.8 Å². The summed E-state index contributed by atoms with van der Waals surface area (Å²) in [6, 6.07) is 4.43. The molecular formula is C13H18N2O3. The molecule has 0 atom stereocenters. The molecule has 0 saturated carbocycles. The zero-order chi connectivity index (χ0) is 13.3. The predicted molar refractivity (Wildman–Crippen MR) is 67.8 cm³/mol. The lowest BCUT2D eigenvalue weighted by molar-refractivity contribution is 0.0474. The molecule has 0 bridgehead atoms. The first kappa shape index (κ1) is 12.7. The fourth-order valence-corrected chi connectivity index (χ4v) is 2.21. The van der Waals surface area contributed by atoms with E-state index in [4.69, 9.17) is 0 Å². The number of carbonyl (C=O) groups is 1. The first-order valence-corrected chi connectivity index (χ1v) is 5.97. The Kier molecular flexibility index (Phi) is 3.17. The second-order valence-electron chi connectivity index (χ2n) is 5.12. The number of carbonyl (C=O) groups excluding carboxylic acids is 1. The van der Waals surface area contributed by atoms with Crippen LogP contribution in [0, 0.1) is 0 Å². The summed E-state index contributed by atoms with van der Waals surface area (Å²) in [5.74, 6) is -0.875. The van der Waals surface area contributed by atoms with Crippen LogP contribution in [0.5, 0.6) is 11.5 Å². The van der Waals surface area contributed by atoms with Crippen molar-refractivity contribution in [2.75, 3.05) is 19.6 Å². The van der Waals surface area contributed by atoms with Crippen molar-refractivity contribution in [1.82, 2.24) is 10.2 Å². The Balaban J connectivity index is 2.33. The van der Waals surface area contributed by atoms with Gasteiger partial charge in [0.2, 0.25) is 0 Å². The van der Waals surface area contributed by atoms with Crippen molar-refractivity contribution in [1.29, 1.82) is 0 Å². The molecule has 1 fully saturated rings. The van der Waals surface area contributed by atoms with Crippen LogP contribution >= 0.6 is 0 Å². The van der Waals surface area contributed by atoms with Crippen LogP contribution in [-0.4, -0.2) is 46.2 Å². The minimum atomic E-state index is -0.350. The van der Waals surface area contributed by atoms with Gasteiger partial charge in [0, 0.05) is 19.6 Å². The third-order valence-corrected chi connectivity index (χ3v) is 3.29. The zero-order valence-electron chi connectivity index (χ0n) is 10.6. The highest BCUT2D eigenvalue weighted by Crippen LogP contribution is 2.31. The fourth-order valence-electron chi connectivity index (χ4n) is 2.21. The maximum Gasteiger partial charge on any atom is 0.258 e. The molecule has 0 radical (unpaired) electrons. The molecule has 1 aliphatic heterocycles. The number of rotatable bonds is 1. The molecule has 0 aliphatic carbocycles. The Morgan fingerprint density at radius 3 is 2.78 bits per heavy atom. The summed E-state index contributed by atoms with van der Waals surface area (Å²) < 4.78 is 0. The second-order valence-corrected chi connectivity index (χ2v) is 5.12. The van der Waals surface area contributed by atoms with Crippen LogP contribution in [0.25, 0.3) is 0 Å². The van der Waals surface area contributed by atoms with E-state index in [0.717, 1.165) is 6.54 Å². The van der Waals surface area contributed by atoms with E-state index in [1.165, 1.54) is 12.1 Å². The van der Waals surface area contributed by atoms with Crippen LogP contribution in [0.3, 0.4) is 0 Å². The van der Waals surface area contributed by atoms with Crippen LogP contribution < -0.4 is 5.32 Å². The summed E-state index contributed by atoms with van der Waals surface area (Å²) in [7, 11) is 0. The zero-order valence-corrected chi connectivity index (χ0v) is 10.6. The monoisotopic (exact) mass is 250 g/mol. The van der Waals surface area contributed by atoms with Crippen LogP contribution in [0.4, 0.5) is 0 Å². The van der Waals surface area contributed by atoms with E-state index in [1.807, 2.05) is 13.8 Å². The molecule has 2 rings (SSSR count). The Bertz CT molecular complexity index is 471. The van der Waals surface area contributed by atoms with Gasteiger partial charge < -0.3 is 20.4 Å². The maximum atomic E-state index is 12.4. The van der Waals surface area contributed by atoms with Crippen LogP contribution in [0.1, 0.15) is 24.2 Å². The Morgan fingerprint density at radius 1 is 1.39 bits per heavy atom. The smallest absolute Gasteiger partial charge is 0.258 e. The number of phenolic OH excluding ortho intramolecular Hbond substituents is 2. The second kappa shape index (κ2) is 4.49. The van der Waals surface area contributed by atoms with Gasteiger partial charge in [-0.25, -0.2) is 0 Å². The molecule has 98 valence electrons. The Labute approximate surface area is 106 Å². The van der Waals surface area contributed by atoms with E-state index in [0.29, 0.717) is 13.1 Å². The summed E-state index contributed by atoms with van der Waals surface area (Å²) in [4.78, 5) is 14.1. The molecule has 0 unspecified atom stereocenters. The molecule has 1 saturated heterocycles. The van der Waals surface area contributed by atoms with Gasteiger partial charge in [0.15, 0.2) is 11.5 Å². The fraction of sp³-hybridized carbons (Fsp3) is 0.462. The molecule has 1 aliphatic rings. The minimum Gasteiger partial charge on any atom is -0.504 e. The molecule has 1 amide bonds. The molecule has 1 aromatic carbocycles. The van der Waals surface area contributed by atoms with Gasteiger partial charge in [0.25, 0.3) is 5.91 Å². The molecule has 5 heteroatoms. The maximum absolute atomic E-state index is 12.4. The van der Waals surface area contributed by atoms with Gasteiger partial charge in [-0.15, -0.1) is 0 Å². The SMILES string of the molecule is CC1(C)CNCCN1C(=O)c1cccc(O)c1O. The standard InChI is InChI=1S/C13H18N2O3/c1-13(2)8-14-6-7-15(13)12(18)9-4-3-5-10(16)11(9)17/h3-5,14,16-17H,6-8H2,1-2H3. The third-order valence-electron chi connectivity index (χ3n) is 3.29. The number of piperazine rings is 1. The van der Waals surface area contributed by atoms with E-state index < -0.39 is 0 Å². The lowest BCUT2D eigenvalue weighted by Crippen LogP contribution is -2.59. The third kappa shape index (κ3) is 2.13. The lowest BCUT2D eigenvalue weighted by atomic mass is 9.98. The van der Waals surface area contributed by atoms with Crippen molar-refractivity contribution >= 4 is 5.91 Å². The first-order valence-electron chi connectivity index (χ1n) is 5.97. The van der Waals surface area contributed by atoms with Crippen LogP contribution in [0.15, 0.2) is 18.2 Å². The van der Waals surface area contributed by atoms with Gasteiger partial charge in [-0.05, 0) is 26.0 Å². The van der Waals surface area contributed by atoms with Crippen LogP contribution in [0.2, 0.25) is 0 Å². The highest BCUT2D eigenvalue weighted by molar-refractivity contribution is 5.98. The number of para-hydroxylation sites is 1. The number of nitrogens with zero attached hydrogens (tertiary/aromatic N) is 1. The van der Waals surface area contributed by atoms with Crippen molar-refractivity contribution in [3.63, 3.8) is 0 Å². The summed E-state index contributed by atoms with van der Waals surface area (Å²) in [5, 5.41) is 22.4. The number of benzene rings is 1. The number of phenols is 2. The lowest BCUT2D eigenvalue weighted by Gasteiger charge is -2.42. The van der Waals surface area contributed by atoms with E-state index >= 15 is 0 Å². The van der Waals surface area contributed by atoms with E-state index in [9.17, 15) is 15.0 Å².